The van der Waals surface area contributed by atoms with Crippen LogP contribution >= 0.6 is 0 Å². The van der Waals surface area contributed by atoms with Crippen LogP contribution in [0.25, 0.3) is 0 Å². The van der Waals surface area contributed by atoms with Gasteiger partial charge in [-0.1, -0.05) is 13.8 Å². The largest absolute Gasteiger partial charge is 0.393 e. The molecule has 0 aliphatic heterocycles. The van der Waals surface area contributed by atoms with Crippen LogP contribution in [0.15, 0.2) is 0 Å². The Morgan fingerprint density at radius 3 is 2.36 bits per heavy atom. The quantitative estimate of drug-likeness (QED) is 0.679. The topological polar surface area (TPSA) is 77.8 Å². The van der Waals surface area contributed by atoms with E-state index in [-0.39, 0.29) is 46.6 Å². The van der Waals surface area contributed by atoms with Gasteiger partial charge in [-0.15, -0.1) is 0 Å². The summed E-state index contributed by atoms with van der Waals surface area (Å²) in [5.41, 5.74) is -0.287. The minimum absolute atomic E-state index is 0.0700. The lowest BCUT2D eigenvalue weighted by molar-refractivity contribution is -0.204. The summed E-state index contributed by atoms with van der Waals surface area (Å²) in [7, 11) is 0. The number of Topliss-reactive ketones (excluding diaryl/α,β-unsaturated/α-hetero) is 1. The molecule has 3 N–H and O–H groups in total. The van der Waals surface area contributed by atoms with Gasteiger partial charge in [-0.3, -0.25) is 4.79 Å². The summed E-state index contributed by atoms with van der Waals surface area (Å²) in [6, 6.07) is 0. The van der Waals surface area contributed by atoms with Crippen LogP contribution in [0.1, 0.15) is 65.7 Å². The van der Waals surface area contributed by atoms with Gasteiger partial charge < -0.3 is 15.3 Å². The summed E-state index contributed by atoms with van der Waals surface area (Å²) < 4.78 is 0. The lowest BCUT2D eigenvalue weighted by Crippen LogP contribution is -2.62. The molecule has 142 valence electrons. The molecule has 4 rings (SSSR count). The predicted octanol–water partition coefficient (Wildman–Crippen LogP) is 2.54. The van der Waals surface area contributed by atoms with Gasteiger partial charge in [-0.2, -0.15) is 0 Å². The van der Waals surface area contributed by atoms with Crippen LogP contribution in [0.2, 0.25) is 0 Å². The third-order valence-electron chi connectivity index (χ3n) is 9.25. The van der Waals surface area contributed by atoms with Gasteiger partial charge in [0.05, 0.1) is 18.3 Å². The van der Waals surface area contributed by atoms with Gasteiger partial charge in [0.25, 0.3) is 0 Å². The normalized spacial score (nSPS) is 58.2. The second kappa shape index (κ2) is 5.77. The van der Waals surface area contributed by atoms with E-state index in [9.17, 15) is 20.1 Å². The van der Waals surface area contributed by atoms with E-state index in [4.69, 9.17) is 0 Å². The molecule has 4 aliphatic rings. The van der Waals surface area contributed by atoms with Crippen molar-refractivity contribution in [3.8, 4) is 0 Å². The van der Waals surface area contributed by atoms with E-state index < -0.39 is 6.10 Å². The number of hydrogen-bond donors (Lipinski definition) is 3. The van der Waals surface area contributed by atoms with Gasteiger partial charge in [0.1, 0.15) is 5.78 Å². The number of hydrogen-bond acceptors (Lipinski definition) is 4. The standard InChI is InChI=1S/C21H34O4/c1-11(22)14-4-5-15-19-16(10-18(25)21(14,15)3)20(2)7-6-13(23)8-12(20)9-17(19)24/h12-19,23-25H,4-10H2,1-3H3/t12-,13+,14+,15-,16-,17+,18-,19-,20-,21+/m0/s1. The van der Waals surface area contributed by atoms with Crippen molar-refractivity contribution in [3.05, 3.63) is 0 Å². The van der Waals surface area contributed by atoms with Gasteiger partial charge in [0.15, 0.2) is 0 Å². The highest BCUT2D eigenvalue weighted by atomic mass is 16.3. The SMILES string of the molecule is CC(=O)[C@H]1CC[C@H]2[C@@H]3[C@H](O)C[C@@H]4C[C@H](O)CC[C@]4(C)[C@H]3C[C@H](O)[C@]12C. The van der Waals surface area contributed by atoms with Gasteiger partial charge in [-0.05, 0) is 81.0 Å². The Morgan fingerprint density at radius 2 is 1.68 bits per heavy atom. The molecule has 0 unspecified atom stereocenters. The van der Waals surface area contributed by atoms with E-state index in [1.54, 1.807) is 6.92 Å². The molecule has 4 fully saturated rings. The number of ketones is 1. The molecule has 10 atom stereocenters. The molecule has 4 nitrogen and oxygen atoms in total. The number of aliphatic hydroxyl groups excluding tert-OH is 3. The number of rotatable bonds is 1. The third kappa shape index (κ3) is 2.33. The highest BCUT2D eigenvalue weighted by Crippen LogP contribution is 2.67. The first-order valence-corrected chi connectivity index (χ1v) is 10.2. The molecular weight excluding hydrogens is 316 g/mol. The van der Waals surface area contributed by atoms with Crippen LogP contribution in [0, 0.1) is 40.4 Å². The highest BCUT2D eigenvalue weighted by Gasteiger charge is 2.65. The van der Waals surface area contributed by atoms with Crippen LogP contribution in [-0.4, -0.2) is 39.4 Å². The van der Waals surface area contributed by atoms with Crippen molar-refractivity contribution in [2.75, 3.05) is 0 Å². The molecule has 0 aromatic carbocycles. The summed E-state index contributed by atoms with van der Waals surface area (Å²) in [5.74, 6) is 1.18. The minimum atomic E-state index is -0.468. The molecule has 0 aromatic rings. The van der Waals surface area contributed by atoms with Crippen LogP contribution < -0.4 is 0 Å². The Bertz CT molecular complexity index is 562. The molecule has 4 saturated carbocycles. The van der Waals surface area contributed by atoms with Crippen molar-refractivity contribution in [1.82, 2.24) is 0 Å². The van der Waals surface area contributed by atoms with Crippen molar-refractivity contribution in [2.45, 2.75) is 84.0 Å². The lowest BCUT2D eigenvalue weighted by Gasteiger charge is -2.63. The fourth-order valence-corrected chi connectivity index (χ4v) is 7.83. The summed E-state index contributed by atoms with van der Waals surface area (Å²) in [5, 5.41) is 32.3. The molecule has 4 heteroatoms. The lowest BCUT2D eigenvalue weighted by atomic mass is 9.43. The van der Waals surface area contributed by atoms with Crippen LogP contribution in [0.3, 0.4) is 0 Å². The smallest absolute Gasteiger partial charge is 0.133 e. The Kier molecular flexibility index (Phi) is 4.14. The van der Waals surface area contributed by atoms with E-state index in [1.165, 1.54) is 0 Å². The van der Waals surface area contributed by atoms with E-state index >= 15 is 0 Å². The summed E-state index contributed by atoms with van der Waals surface area (Å²) in [6.45, 7) is 6.09. The monoisotopic (exact) mass is 350 g/mol. The van der Waals surface area contributed by atoms with Gasteiger partial charge in [0, 0.05) is 11.3 Å². The fraction of sp³-hybridized carbons (Fsp3) is 0.952. The predicted molar refractivity (Wildman–Crippen MR) is 94.7 cm³/mol. The molecule has 0 spiro atoms. The van der Waals surface area contributed by atoms with E-state index in [1.807, 2.05) is 0 Å². The Morgan fingerprint density at radius 1 is 0.960 bits per heavy atom. The minimum Gasteiger partial charge on any atom is -0.393 e. The van der Waals surface area contributed by atoms with Crippen molar-refractivity contribution in [1.29, 1.82) is 0 Å². The van der Waals surface area contributed by atoms with E-state index in [0.717, 1.165) is 38.5 Å². The van der Waals surface area contributed by atoms with Crippen molar-refractivity contribution in [3.63, 3.8) is 0 Å². The zero-order valence-corrected chi connectivity index (χ0v) is 15.8. The number of aliphatic hydroxyl groups is 3. The van der Waals surface area contributed by atoms with Crippen molar-refractivity contribution < 1.29 is 20.1 Å². The number of carbonyl (C=O) groups is 1. The van der Waals surface area contributed by atoms with Gasteiger partial charge in [-0.25, -0.2) is 0 Å². The molecule has 25 heavy (non-hydrogen) atoms. The maximum Gasteiger partial charge on any atom is 0.133 e. The average molecular weight is 350 g/mol. The Balaban J connectivity index is 1.71. The molecule has 0 aromatic heterocycles. The first-order chi connectivity index (χ1) is 11.7. The number of carbonyl (C=O) groups excluding carboxylic acids is 1. The van der Waals surface area contributed by atoms with E-state index in [2.05, 4.69) is 13.8 Å². The number of fused-ring (bicyclic) bond motifs is 5. The molecule has 4 aliphatic carbocycles. The van der Waals surface area contributed by atoms with Crippen LogP contribution in [-0.2, 0) is 4.79 Å². The first kappa shape index (κ1) is 17.9. The van der Waals surface area contributed by atoms with Crippen LogP contribution in [0.5, 0.6) is 0 Å². The zero-order chi connectivity index (χ0) is 18.1. The first-order valence-electron chi connectivity index (χ1n) is 10.2. The second-order valence-corrected chi connectivity index (χ2v) is 10.1. The average Bonchev–Trinajstić information content (AvgIpc) is 2.89. The zero-order valence-electron chi connectivity index (χ0n) is 15.8. The molecule has 0 heterocycles. The van der Waals surface area contributed by atoms with E-state index in [0.29, 0.717) is 18.3 Å². The maximum atomic E-state index is 12.2. The Labute approximate surface area is 151 Å². The molecule has 0 radical (unpaired) electrons. The molecule has 0 bridgehead atoms. The van der Waals surface area contributed by atoms with Gasteiger partial charge >= 0.3 is 0 Å². The third-order valence-corrected chi connectivity index (χ3v) is 9.25. The molecule has 0 saturated heterocycles. The molecular formula is C21H34O4. The van der Waals surface area contributed by atoms with Gasteiger partial charge in [0.2, 0.25) is 0 Å². The Hall–Kier alpha value is -0.450. The van der Waals surface area contributed by atoms with Crippen molar-refractivity contribution in [2.24, 2.45) is 40.4 Å². The summed E-state index contributed by atoms with van der Waals surface area (Å²) >= 11 is 0. The van der Waals surface area contributed by atoms with Crippen molar-refractivity contribution >= 4 is 5.78 Å². The highest BCUT2D eigenvalue weighted by molar-refractivity contribution is 5.79. The van der Waals surface area contributed by atoms with Crippen LogP contribution in [0.4, 0.5) is 0 Å². The second-order valence-electron chi connectivity index (χ2n) is 10.1. The molecule has 0 amide bonds. The summed E-state index contributed by atoms with van der Waals surface area (Å²) in [6.07, 6.45) is 4.78. The fourth-order valence-electron chi connectivity index (χ4n) is 7.83. The summed E-state index contributed by atoms with van der Waals surface area (Å²) in [4.78, 5) is 12.2. The maximum absolute atomic E-state index is 12.2.